The number of nitrogens with zero attached hydrogens (tertiary/aromatic N) is 1. The molecule has 0 saturated carbocycles. The van der Waals surface area contributed by atoms with E-state index in [1.54, 1.807) is 18.3 Å². The molecule has 1 N–H and O–H groups in total. The second-order valence-electron chi connectivity index (χ2n) is 9.80. The third kappa shape index (κ3) is 4.20. The maximum atomic E-state index is 12.9. The average Bonchev–Trinajstić information content (AvgIpc) is 3.08. The van der Waals surface area contributed by atoms with Crippen molar-refractivity contribution in [3.05, 3.63) is 45.5 Å². The van der Waals surface area contributed by atoms with Crippen molar-refractivity contribution in [2.75, 3.05) is 0 Å². The van der Waals surface area contributed by atoms with E-state index in [1.807, 2.05) is 39.8 Å². The molecule has 1 atom stereocenters. The van der Waals surface area contributed by atoms with E-state index >= 15 is 0 Å². The molecular weight excluding hydrogens is 418 g/mol. The third-order valence-electron chi connectivity index (χ3n) is 6.17. The van der Waals surface area contributed by atoms with Crippen molar-refractivity contribution >= 4 is 27.3 Å². The van der Waals surface area contributed by atoms with Crippen LogP contribution in [0.5, 0.6) is 5.75 Å². The lowest BCUT2D eigenvalue weighted by atomic mass is 9.86. The van der Waals surface area contributed by atoms with Gasteiger partial charge in [0.15, 0.2) is 5.78 Å². The maximum Gasteiger partial charge on any atom is 0.163 e. The minimum Gasteiger partial charge on any atom is -0.507 e. The fourth-order valence-corrected chi connectivity index (χ4v) is 6.04. The van der Waals surface area contributed by atoms with Gasteiger partial charge in [0.05, 0.1) is 5.60 Å². The molecule has 4 rings (SSSR count). The van der Waals surface area contributed by atoms with Crippen LogP contribution >= 0.6 is 11.3 Å². The normalized spacial score (nSPS) is 15.1. The number of aryl methyl sites for hydroxylation is 4. The molecule has 0 radical (unpaired) electrons. The topological polar surface area (TPSA) is 59.4 Å². The molecule has 0 unspecified atom stereocenters. The number of Topliss-reactive ketones (excluding diaryl/α,β-unsaturated/α-hetero) is 1. The number of pyridine rings is 1. The predicted molar refractivity (Wildman–Crippen MR) is 132 cm³/mol. The maximum absolute atomic E-state index is 12.9. The summed E-state index contributed by atoms with van der Waals surface area (Å²) in [5, 5.41) is 12.2. The lowest BCUT2D eigenvalue weighted by Crippen LogP contribution is -2.27. The number of hydrogen-bond donors (Lipinski definition) is 1. The largest absolute Gasteiger partial charge is 0.507 e. The molecular formula is C27H33NO3S. The van der Waals surface area contributed by atoms with Crippen LogP contribution in [0.4, 0.5) is 0 Å². The molecule has 0 amide bonds. The number of carbonyl (C=O) groups is 1. The van der Waals surface area contributed by atoms with Crippen LogP contribution in [0.3, 0.4) is 0 Å². The Morgan fingerprint density at radius 3 is 2.59 bits per heavy atom. The fourth-order valence-electron chi connectivity index (χ4n) is 4.72. The van der Waals surface area contributed by atoms with Gasteiger partial charge in [-0.25, -0.2) is 4.98 Å². The van der Waals surface area contributed by atoms with Crippen molar-refractivity contribution in [1.82, 2.24) is 4.98 Å². The molecule has 4 nitrogen and oxygen atoms in total. The van der Waals surface area contributed by atoms with Gasteiger partial charge in [0.2, 0.25) is 0 Å². The van der Waals surface area contributed by atoms with Crippen molar-refractivity contribution < 1.29 is 14.6 Å². The van der Waals surface area contributed by atoms with Crippen LogP contribution in [0.1, 0.15) is 80.8 Å². The molecule has 1 aliphatic carbocycles. The quantitative estimate of drug-likeness (QED) is 0.460. The first-order valence-electron chi connectivity index (χ1n) is 11.6. The Kier molecular flexibility index (Phi) is 6.17. The molecule has 0 bridgehead atoms. The van der Waals surface area contributed by atoms with Crippen LogP contribution in [0.25, 0.3) is 21.3 Å². The Labute approximate surface area is 194 Å². The van der Waals surface area contributed by atoms with Gasteiger partial charge in [-0.05, 0) is 83.9 Å². The number of aromatic nitrogens is 1. The van der Waals surface area contributed by atoms with Crippen LogP contribution in [0.2, 0.25) is 0 Å². The van der Waals surface area contributed by atoms with E-state index in [1.165, 1.54) is 16.9 Å². The average molecular weight is 452 g/mol. The van der Waals surface area contributed by atoms with E-state index in [-0.39, 0.29) is 11.5 Å². The van der Waals surface area contributed by atoms with Gasteiger partial charge in [0.1, 0.15) is 16.7 Å². The van der Waals surface area contributed by atoms with E-state index < -0.39 is 11.7 Å². The highest BCUT2D eigenvalue weighted by atomic mass is 32.1. The second kappa shape index (κ2) is 8.60. The number of ether oxygens (including phenoxy) is 1. The molecule has 2 heterocycles. The monoisotopic (exact) mass is 451 g/mol. The van der Waals surface area contributed by atoms with Crippen LogP contribution < -0.4 is 0 Å². The van der Waals surface area contributed by atoms with Crippen molar-refractivity contribution in [1.29, 1.82) is 0 Å². The molecule has 2 aromatic heterocycles. The number of aromatic hydroxyl groups is 1. The number of hydrogen-bond acceptors (Lipinski definition) is 5. The van der Waals surface area contributed by atoms with Gasteiger partial charge < -0.3 is 9.84 Å². The molecule has 0 saturated heterocycles. The zero-order valence-electron chi connectivity index (χ0n) is 20.0. The van der Waals surface area contributed by atoms with Gasteiger partial charge in [-0.1, -0.05) is 19.1 Å². The number of benzene rings is 1. The number of thiophene rings is 1. The standard InChI is InChI=1S/C27H33NO3S/c1-7-17-12-13-18(20(30)14-17)23-22(25(16(3)29)31-27(4,5)6)15(2)28-26-24(23)19-10-8-9-11-21(19)32-26/h12-14,25,30H,7-11H2,1-6H3/t25-/m1/s1. The minimum atomic E-state index is -0.744. The van der Waals surface area contributed by atoms with Crippen LogP contribution in [0, 0.1) is 6.92 Å². The highest BCUT2D eigenvalue weighted by molar-refractivity contribution is 7.19. The number of rotatable bonds is 5. The summed E-state index contributed by atoms with van der Waals surface area (Å²) in [7, 11) is 0. The van der Waals surface area contributed by atoms with Gasteiger partial charge in [-0.3, -0.25) is 4.79 Å². The fraction of sp³-hybridized carbons (Fsp3) is 0.481. The highest BCUT2D eigenvalue weighted by Gasteiger charge is 2.33. The van der Waals surface area contributed by atoms with Gasteiger partial charge in [0.25, 0.3) is 0 Å². The third-order valence-corrected chi connectivity index (χ3v) is 7.36. The molecule has 1 aliphatic rings. The number of phenols is 1. The van der Waals surface area contributed by atoms with Gasteiger partial charge in [-0.15, -0.1) is 11.3 Å². The zero-order valence-corrected chi connectivity index (χ0v) is 20.8. The Balaban J connectivity index is 2.10. The Hall–Kier alpha value is -2.24. The van der Waals surface area contributed by atoms with Gasteiger partial charge in [-0.2, -0.15) is 0 Å². The number of carbonyl (C=O) groups excluding carboxylic acids is 1. The van der Waals surface area contributed by atoms with Crippen LogP contribution in [0.15, 0.2) is 18.2 Å². The first-order valence-corrected chi connectivity index (χ1v) is 12.4. The predicted octanol–water partition coefficient (Wildman–Crippen LogP) is 6.86. The number of ketones is 1. The van der Waals surface area contributed by atoms with Crippen molar-refractivity contribution in [3.63, 3.8) is 0 Å². The summed E-state index contributed by atoms with van der Waals surface area (Å²) in [6.45, 7) is 11.5. The van der Waals surface area contributed by atoms with Crippen molar-refractivity contribution in [2.45, 2.75) is 85.4 Å². The summed E-state index contributed by atoms with van der Waals surface area (Å²) < 4.78 is 6.31. The number of fused-ring (bicyclic) bond motifs is 3. The van der Waals surface area contributed by atoms with E-state index in [0.29, 0.717) is 0 Å². The molecule has 32 heavy (non-hydrogen) atoms. The van der Waals surface area contributed by atoms with Gasteiger partial charge in [0, 0.05) is 32.6 Å². The van der Waals surface area contributed by atoms with Crippen LogP contribution in [-0.2, 0) is 28.8 Å². The summed E-state index contributed by atoms with van der Waals surface area (Å²) in [5.41, 5.74) is 5.14. The van der Waals surface area contributed by atoms with E-state index in [0.717, 1.165) is 63.8 Å². The first kappa shape index (κ1) is 22.9. The van der Waals surface area contributed by atoms with Crippen LogP contribution in [-0.4, -0.2) is 21.5 Å². The highest BCUT2D eigenvalue weighted by Crippen LogP contribution is 2.47. The molecule has 0 spiro atoms. The molecule has 0 fully saturated rings. The van der Waals surface area contributed by atoms with Crippen molar-refractivity contribution in [2.24, 2.45) is 0 Å². The number of phenolic OH excluding ortho intramolecular Hbond substituents is 1. The molecule has 170 valence electrons. The smallest absolute Gasteiger partial charge is 0.163 e. The summed E-state index contributed by atoms with van der Waals surface area (Å²) in [6.07, 6.45) is 4.52. The summed E-state index contributed by atoms with van der Waals surface area (Å²) in [6, 6.07) is 5.90. The Morgan fingerprint density at radius 2 is 1.97 bits per heavy atom. The molecule has 5 heteroatoms. The summed E-state index contributed by atoms with van der Waals surface area (Å²) in [4.78, 5) is 20.2. The lowest BCUT2D eigenvalue weighted by Gasteiger charge is -2.29. The van der Waals surface area contributed by atoms with Gasteiger partial charge >= 0.3 is 0 Å². The Morgan fingerprint density at radius 1 is 1.25 bits per heavy atom. The lowest BCUT2D eigenvalue weighted by molar-refractivity contribution is -0.138. The van der Waals surface area contributed by atoms with Crippen molar-refractivity contribution in [3.8, 4) is 16.9 Å². The van der Waals surface area contributed by atoms with E-state index in [2.05, 4.69) is 13.0 Å². The summed E-state index contributed by atoms with van der Waals surface area (Å²) in [5.74, 6) is 0.186. The molecule has 0 aliphatic heterocycles. The second-order valence-corrected chi connectivity index (χ2v) is 10.9. The molecule has 3 aromatic rings. The minimum absolute atomic E-state index is 0.0563. The summed E-state index contributed by atoms with van der Waals surface area (Å²) >= 11 is 1.76. The molecule has 1 aromatic carbocycles. The first-order chi connectivity index (χ1) is 15.1. The van der Waals surface area contributed by atoms with E-state index in [4.69, 9.17) is 9.72 Å². The van der Waals surface area contributed by atoms with E-state index in [9.17, 15) is 9.90 Å². The Bertz CT molecular complexity index is 1190. The SMILES string of the molecule is CCc1ccc(-c2c([C@H](OC(C)(C)C)C(C)=O)c(C)nc3sc4c(c23)CCCC4)c(O)c1. The zero-order chi connectivity index (χ0) is 23.2.